The summed E-state index contributed by atoms with van der Waals surface area (Å²) < 4.78 is 7.54. The Labute approximate surface area is 170 Å². The van der Waals surface area contributed by atoms with Gasteiger partial charge in [0.2, 0.25) is 0 Å². The van der Waals surface area contributed by atoms with E-state index in [1.54, 1.807) is 18.6 Å². The Kier molecular flexibility index (Phi) is 3.94. The van der Waals surface area contributed by atoms with Crippen LogP contribution in [0, 0.1) is 0 Å². The standard InChI is InChI=1S/C20H19N9O/c1-2-15(11-30-5-1)29-10-14(8-23-29)24-20-18-17(9-22-28-18)25-19(26-20)12-3-4-13-7-21-27-16(13)6-12/h3-4,6-10,15H,1-2,5,11H2,(H,21,27)(H,22,28)(H,24,25,26). The summed E-state index contributed by atoms with van der Waals surface area (Å²) in [5.41, 5.74) is 4.17. The summed E-state index contributed by atoms with van der Waals surface area (Å²) in [6, 6.07) is 6.25. The third-order valence-corrected chi connectivity index (χ3v) is 5.37. The normalized spacial score (nSPS) is 17.0. The van der Waals surface area contributed by atoms with Gasteiger partial charge in [0.15, 0.2) is 11.6 Å². The van der Waals surface area contributed by atoms with E-state index in [1.165, 1.54) is 0 Å². The molecule has 10 heteroatoms. The fourth-order valence-electron chi connectivity index (χ4n) is 3.81. The van der Waals surface area contributed by atoms with Crippen LogP contribution in [0.15, 0.2) is 43.0 Å². The van der Waals surface area contributed by atoms with Crippen molar-refractivity contribution in [2.45, 2.75) is 18.9 Å². The highest BCUT2D eigenvalue weighted by atomic mass is 16.5. The molecule has 10 nitrogen and oxygen atoms in total. The van der Waals surface area contributed by atoms with Gasteiger partial charge in [0.1, 0.15) is 11.0 Å². The van der Waals surface area contributed by atoms with Gasteiger partial charge in [-0.2, -0.15) is 15.3 Å². The van der Waals surface area contributed by atoms with Crippen LogP contribution < -0.4 is 5.32 Å². The molecule has 1 unspecified atom stereocenters. The predicted molar refractivity (Wildman–Crippen MR) is 111 cm³/mol. The molecule has 1 atom stereocenters. The summed E-state index contributed by atoms with van der Waals surface area (Å²) in [5.74, 6) is 1.26. The monoisotopic (exact) mass is 401 g/mol. The first-order chi connectivity index (χ1) is 14.8. The quantitative estimate of drug-likeness (QED) is 0.423. The van der Waals surface area contributed by atoms with Gasteiger partial charge in [-0.05, 0) is 18.9 Å². The molecule has 1 aromatic carbocycles. The smallest absolute Gasteiger partial charge is 0.162 e. The number of H-pyrrole nitrogens is 2. The van der Waals surface area contributed by atoms with Crippen molar-refractivity contribution in [2.24, 2.45) is 0 Å². The summed E-state index contributed by atoms with van der Waals surface area (Å²) >= 11 is 0. The number of ether oxygens (including phenoxy) is 1. The fourth-order valence-corrected chi connectivity index (χ4v) is 3.81. The van der Waals surface area contributed by atoms with Crippen molar-refractivity contribution in [2.75, 3.05) is 18.5 Å². The van der Waals surface area contributed by atoms with E-state index in [0.717, 1.165) is 52.6 Å². The Hall–Kier alpha value is -3.79. The molecule has 1 aliphatic rings. The third kappa shape index (κ3) is 2.98. The van der Waals surface area contributed by atoms with Gasteiger partial charge in [-0.3, -0.25) is 14.9 Å². The highest BCUT2D eigenvalue weighted by Crippen LogP contribution is 2.28. The Morgan fingerprint density at radius 1 is 1.10 bits per heavy atom. The van der Waals surface area contributed by atoms with Crippen LogP contribution in [0.5, 0.6) is 0 Å². The van der Waals surface area contributed by atoms with Gasteiger partial charge in [-0.15, -0.1) is 0 Å². The molecular formula is C20H19N9O. The van der Waals surface area contributed by atoms with Crippen molar-refractivity contribution in [3.8, 4) is 11.4 Å². The SMILES string of the molecule is c1nn(C2CCCOC2)cc1Nc1nc(-c2ccc3cn[nH]c3c2)nc2cn[nH]c12. The van der Waals surface area contributed by atoms with Crippen LogP contribution in [0.1, 0.15) is 18.9 Å². The predicted octanol–water partition coefficient (Wildman–Crippen LogP) is 3.19. The number of anilines is 2. The van der Waals surface area contributed by atoms with Crippen molar-refractivity contribution < 1.29 is 4.74 Å². The second-order valence-corrected chi connectivity index (χ2v) is 7.40. The zero-order chi connectivity index (χ0) is 19.9. The zero-order valence-corrected chi connectivity index (χ0v) is 16.0. The van der Waals surface area contributed by atoms with E-state index in [4.69, 9.17) is 9.72 Å². The molecule has 4 aromatic heterocycles. The highest BCUT2D eigenvalue weighted by molar-refractivity contribution is 5.89. The number of nitrogens with one attached hydrogen (secondary N) is 3. The largest absolute Gasteiger partial charge is 0.379 e. The van der Waals surface area contributed by atoms with Crippen molar-refractivity contribution >= 4 is 33.4 Å². The number of nitrogens with zero attached hydrogens (tertiary/aromatic N) is 6. The summed E-state index contributed by atoms with van der Waals surface area (Å²) in [6.45, 7) is 1.52. The van der Waals surface area contributed by atoms with Crippen molar-refractivity contribution in [3.05, 3.63) is 43.0 Å². The Morgan fingerprint density at radius 3 is 3.00 bits per heavy atom. The molecule has 6 rings (SSSR count). The first kappa shape index (κ1) is 17.1. The minimum absolute atomic E-state index is 0.267. The van der Waals surface area contributed by atoms with Crippen LogP contribution in [0.3, 0.4) is 0 Å². The van der Waals surface area contributed by atoms with Gasteiger partial charge in [-0.1, -0.05) is 12.1 Å². The van der Waals surface area contributed by atoms with Crippen LogP contribution in [0.25, 0.3) is 33.3 Å². The number of hydrogen-bond donors (Lipinski definition) is 3. The van der Waals surface area contributed by atoms with Crippen molar-refractivity contribution in [1.29, 1.82) is 0 Å². The number of aromatic nitrogens is 8. The molecule has 0 amide bonds. The van der Waals surface area contributed by atoms with E-state index in [0.29, 0.717) is 18.2 Å². The topological polar surface area (TPSA) is 122 Å². The molecular weight excluding hydrogens is 382 g/mol. The van der Waals surface area contributed by atoms with E-state index < -0.39 is 0 Å². The number of fused-ring (bicyclic) bond motifs is 2. The Morgan fingerprint density at radius 2 is 2.07 bits per heavy atom. The molecule has 1 fully saturated rings. The molecule has 150 valence electrons. The summed E-state index contributed by atoms with van der Waals surface area (Å²) in [7, 11) is 0. The molecule has 0 bridgehead atoms. The van der Waals surface area contributed by atoms with Crippen LogP contribution in [0.4, 0.5) is 11.5 Å². The lowest BCUT2D eigenvalue weighted by atomic mass is 10.1. The van der Waals surface area contributed by atoms with Gasteiger partial charge in [0, 0.05) is 23.8 Å². The molecule has 0 saturated carbocycles. The molecule has 0 aliphatic carbocycles. The molecule has 0 spiro atoms. The maximum absolute atomic E-state index is 5.58. The van der Waals surface area contributed by atoms with E-state index in [9.17, 15) is 0 Å². The second kappa shape index (κ2) is 6.92. The summed E-state index contributed by atoms with van der Waals surface area (Å²) in [4.78, 5) is 9.42. The lowest BCUT2D eigenvalue weighted by Crippen LogP contribution is -2.21. The van der Waals surface area contributed by atoms with Crippen molar-refractivity contribution in [3.63, 3.8) is 0 Å². The molecule has 3 N–H and O–H groups in total. The number of aromatic amines is 2. The average molecular weight is 401 g/mol. The van der Waals surface area contributed by atoms with Crippen LogP contribution in [0.2, 0.25) is 0 Å². The molecule has 0 radical (unpaired) electrons. The molecule has 5 aromatic rings. The van der Waals surface area contributed by atoms with E-state index in [-0.39, 0.29) is 6.04 Å². The van der Waals surface area contributed by atoms with Crippen LogP contribution >= 0.6 is 0 Å². The Balaban J connectivity index is 1.36. The van der Waals surface area contributed by atoms with E-state index >= 15 is 0 Å². The van der Waals surface area contributed by atoms with Gasteiger partial charge in [0.25, 0.3) is 0 Å². The van der Waals surface area contributed by atoms with Gasteiger partial charge < -0.3 is 10.1 Å². The number of benzene rings is 1. The zero-order valence-electron chi connectivity index (χ0n) is 16.0. The number of hydrogen-bond acceptors (Lipinski definition) is 7. The fraction of sp³-hybridized carbons (Fsp3) is 0.250. The number of rotatable bonds is 4. The maximum Gasteiger partial charge on any atom is 0.162 e. The average Bonchev–Trinajstić information content (AvgIpc) is 3.54. The van der Waals surface area contributed by atoms with Crippen LogP contribution in [-0.4, -0.2) is 53.4 Å². The second-order valence-electron chi connectivity index (χ2n) is 7.40. The minimum atomic E-state index is 0.267. The van der Waals surface area contributed by atoms with Gasteiger partial charge >= 0.3 is 0 Å². The van der Waals surface area contributed by atoms with E-state index in [2.05, 4.69) is 35.8 Å². The van der Waals surface area contributed by atoms with Gasteiger partial charge in [0.05, 0.1) is 42.4 Å². The lowest BCUT2D eigenvalue weighted by molar-refractivity contribution is 0.0549. The lowest BCUT2D eigenvalue weighted by Gasteiger charge is -2.22. The third-order valence-electron chi connectivity index (χ3n) is 5.37. The van der Waals surface area contributed by atoms with Gasteiger partial charge in [-0.25, -0.2) is 9.97 Å². The first-order valence-corrected chi connectivity index (χ1v) is 9.87. The summed E-state index contributed by atoms with van der Waals surface area (Å²) in [6.07, 6.45) is 9.40. The van der Waals surface area contributed by atoms with Crippen molar-refractivity contribution in [1.82, 2.24) is 40.1 Å². The molecule has 1 saturated heterocycles. The molecule has 5 heterocycles. The summed E-state index contributed by atoms with van der Waals surface area (Å²) in [5, 5.41) is 23.1. The minimum Gasteiger partial charge on any atom is -0.379 e. The molecule has 1 aliphatic heterocycles. The highest BCUT2D eigenvalue weighted by Gasteiger charge is 2.18. The Bertz CT molecular complexity index is 1330. The van der Waals surface area contributed by atoms with E-state index in [1.807, 2.05) is 29.1 Å². The van der Waals surface area contributed by atoms with Crippen LogP contribution in [-0.2, 0) is 4.74 Å². The first-order valence-electron chi connectivity index (χ1n) is 9.87. The maximum atomic E-state index is 5.58. The molecule has 30 heavy (non-hydrogen) atoms.